The summed E-state index contributed by atoms with van der Waals surface area (Å²) in [5.74, 6) is 0.589. The van der Waals surface area contributed by atoms with Gasteiger partial charge in [0.2, 0.25) is 0 Å². The van der Waals surface area contributed by atoms with Gasteiger partial charge >= 0.3 is 5.97 Å². The molecule has 1 heterocycles. The van der Waals surface area contributed by atoms with Gasteiger partial charge in [0, 0.05) is 6.42 Å². The zero-order valence-corrected chi connectivity index (χ0v) is 32.3. The Bertz CT molecular complexity index is 1330. The molecule has 1 saturated carbocycles. The quantitative estimate of drug-likeness (QED) is 0.121. The Hall–Kier alpha value is -2.51. The number of rotatable bonds is 13. The second-order valence-corrected chi connectivity index (χ2v) is 20.7. The highest BCUT2D eigenvalue weighted by molar-refractivity contribution is 6.99. The van der Waals surface area contributed by atoms with Gasteiger partial charge in [-0.3, -0.25) is 0 Å². The van der Waals surface area contributed by atoms with Crippen LogP contribution in [0.25, 0.3) is 0 Å². The van der Waals surface area contributed by atoms with Crippen molar-refractivity contribution >= 4 is 24.7 Å². The third-order valence-electron chi connectivity index (χ3n) is 10.8. The zero-order valence-electron chi connectivity index (χ0n) is 31.3. The smallest absolute Gasteiger partial charge is 0.334 e. The van der Waals surface area contributed by atoms with Gasteiger partial charge in [0.15, 0.2) is 6.29 Å². The van der Waals surface area contributed by atoms with Crippen molar-refractivity contribution in [3.05, 3.63) is 84.5 Å². The SMILES string of the molecule is C=C1[C@H](C/C=C(\C)CCC2OCCO2)CC[C@H](C)[C@@]1(C)CC[C@H](O[Si](c1ccccc1)(c1ccccc1)C(C)(C)C)C(=O)OC(C)(C)C. The van der Waals surface area contributed by atoms with Crippen LogP contribution in [0, 0.1) is 17.3 Å². The average molecular weight is 675 g/mol. The number of benzene rings is 2. The molecule has 2 aliphatic rings. The lowest BCUT2D eigenvalue weighted by molar-refractivity contribution is -0.164. The van der Waals surface area contributed by atoms with E-state index >= 15 is 0 Å². The first kappa shape index (κ1) is 38.3. The number of hydrogen-bond acceptors (Lipinski definition) is 5. The third-order valence-corrected chi connectivity index (χ3v) is 15.9. The second kappa shape index (κ2) is 16.0. The Morgan fingerprint density at radius 3 is 2.06 bits per heavy atom. The van der Waals surface area contributed by atoms with Gasteiger partial charge in [-0.15, -0.1) is 0 Å². The number of esters is 1. The molecule has 0 N–H and O–H groups in total. The molecule has 1 saturated heterocycles. The lowest BCUT2D eigenvalue weighted by Gasteiger charge is -2.48. The van der Waals surface area contributed by atoms with E-state index in [0.717, 1.165) is 48.9 Å². The van der Waals surface area contributed by atoms with Crippen molar-refractivity contribution < 1.29 is 23.4 Å². The van der Waals surface area contributed by atoms with E-state index in [1.807, 2.05) is 32.9 Å². The van der Waals surface area contributed by atoms with Crippen molar-refractivity contribution in [3.8, 4) is 0 Å². The molecule has 0 radical (unpaired) electrons. The summed E-state index contributed by atoms with van der Waals surface area (Å²) in [5.41, 5.74) is 1.94. The molecule has 6 heteroatoms. The van der Waals surface area contributed by atoms with Gasteiger partial charge in [0.05, 0.1) is 13.2 Å². The first-order valence-electron chi connectivity index (χ1n) is 18.2. The molecule has 2 aromatic rings. The van der Waals surface area contributed by atoms with Crippen molar-refractivity contribution in [2.75, 3.05) is 13.2 Å². The van der Waals surface area contributed by atoms with Crippen LogP contribution in [0.3, 0.4) is 0 Å². The van der Waals surface area contributed by atoms with Crippen molar-refractivity contribution in [1.82, 2.24) is 0 Å². The minimum Gasteiger partial charge on any atom is -0.458 e. The van der Waals surface area contributed by atoms with E-state index in [2.05, 4.69) is 96.1 Å². The monoisotopic (exact) mass is 674 g/mol. The van der Waals surface area contributed by atoms with Crippen LogP contribution in [0.15, 0.2) is 84.5 Å². The van der Waals surface area contributed by atoms with Crippen molar-refractivity contribution in [1.29, 1.82) is 0 Å². The molecule has 4 rings (SSSR count). The van der Waals surface area contributed by atoms with E-state index in [0.29, 0.717) is 31.5 Å². The molecule has 5 nitrogen and oxygen atoms in total. The summed E-state index contributed by atoms with van der Waals surface area (Å²) in [6, 6.07) is 21.1. The Labute approximate surface area is 292 Å². The molecule has 0 amide bonds. The van der Waals surface area contributed by atoms with Gasteiger partial charge < -0.3 is 18.6 Å². The predicted molar refractivity (Wildman–Crippen MR) is 200 cm³/mol. The molecule has 264 valence electrons. The lowest BCUT2D eigenvalue weighted by Crippen LogP contribution is -2.68. The number of hydrogen-bond donors (Lipinski definition) is 0. The van der Waals surface area contributed by atoms with Gasteiger partial charge in [-0.25, -0.2) is 4.79 Å². The highest BCUT2D eigenvalue weighted by Gasteiger charge is 2.53. The largest absolute Gasteiger partial charge is 0.458 e. The summed E-state index contributed by atoms with van der Waals surface area (Å²) in [5, 5.41) is 2.06. The van der Waals surface area contributed by atoms with Crippen LogP contribution >= 0.6 is 0 Å². The summed E-state index contributed by atoms with van der Waals surface area (Å²) in [6.45, 7) is 25.7. The molecule has 0 unspecified atom stereocenters. The molecule has 4 atom stereocenters. The Morgan fingerprint density at radius 1 is 0.979 bits per heavy atom. The van der Waals surface area contributed by atoms with Crippen molar-refractivity contribution in [3.63, 3.8) is 0 Å². The molecule has 2 fully saturated rings. The van der Waals surface area contributed by atoms with E-state index < -0.39 is 20.0 Å². The standard InChI is InChI=1S/C42H62O5Si/c1-31(22-26-38-44-29-30-45-38)21-24-34-25-23-32(2)42(10,33(34)3)28-27-37(39(43)46-40(4,5)6)47-48(41(7,8)9,35-17-13-11-14-18-35)36-19-15-12-16-20-36/h11-21,32,34,37-38H,3,22-30H2,1-2,4-10H3/b31-21+/t32-,34+,37-,42+/m0/s1. The van der Waals surface area contributed by atoms with Gasteiger partial charge in [0.25, 0.3) is 8.32 Å². The molecular weight excluding hydrogens is 613 g/mol. The Morgan fingerprint density at radius 2 is 1.54 bits per heavy atom. The first-order valence-corrected chi connectivity index (χ1v) is 20.1. The minimum absolute atomic E-state index is 0.0638. The minimum atomic E-state index is -3.00. The summed E-state index contributed by atoms with van der Waals surface area (Å²) in [7, 11) is -3.00. The lowest BCUT2D eigenvalue weighted by atomic mass is 9.59. The van der Waals surface area contributed by atoms with Crippen LogP contribution in [0.2, 0.25) is 5.04 Å². The molecule has 0 spiro atoms. The average Bonchev–Trinajstić information content (AvgIpc) is 3.56. The number of carbonyl (C=O) groups is 1. The van der Waals surface area contributed by atoms with E-state index in [9.17, 15) is 4.79 Å². The molecular formula is C42H62O5Si. The Balaban J connectivity index is 1.61. The molecule has 2 aromatic carbocycles. The van der Waals surface area contributed by atoms with E-state index in [-0.39, 0.29) is 22.7 Å². The van der Waals surface area contributed by atoms with E-state index in [1.165, 1.54) is 11.1 Å². The summed E-state index contributed by atoms with van der Waals surface area (Å²) in [4.78, 5) is 14.2. The maximum absolute atomic E-state index is 14.2. The van der Waals surface area contributed by atoms with Gasteiger partial charge in [0.1, 0.15) is 11.7 Å². The van der Waals surface area contributed by atoms with Crippen molar-refractivity contribution in [2.24, 2.45) is 17.3 Å². The summed E-state index contributed by atoms with van der Waals surface area (Å²) >= 11 is 0. The van der Waals surface area contributed by atoms with Crippen LogP contribution < -0.4 is 10.4 Å². The van der Waals surface area contributed by atoms with Gasteiger partial charge in [-0.2, -0.15) is 0 Å². The molecule has 1 aliphatic heterocycles. The number of ether oxygens (including phenoxy) is 3. The van der Waals surface area contributed by atoms with Crippen LogP contribution in [0.1, 0.15) is 107 Å². The van der Waals surface area contributed by atoms with Crippen LogP contribution in [0.4, 0.5) is 0 Å². The van der Waals surface area contributed by atoms with Crippen LogP contribution in [-0.2, 0) is 23.4 Å². The van der Waals surface area contributed by atoms with E-state index in [4.69, 9.17) is 25.2 Å². The van der Waals surface area contributed by atoms with Gasteiger partial charge in [-0.05, 0) is 98.9 Å². The first-order chi connectivity index (χ1) is 22.6. The molecule has 48 heavy (non-hydrogen) atoms. The van der Waals surface area contributed by atoms with Crippen LogP contribution in [0.5, 0.6) is 0 Å². The molecule has 0 aromatic heterocycles. The fourth-order valence-corrected chi connectivity index (χ4v) is 12.3. The third kappa shape index (κ3) is 9.18. The van der Waals surface area contributed by atoms with Gasteiger partial charge in [-0.1, -0.05) is 119 Å². The number of carbonyl (C=O) groups excluding carboxylic acids is 1. The molecule has 1 aliphatic carbocycles. The topological polar surface area (TPSA) is 54.0 Å². The Kier molecular flexibility index (Phi) is 12.8. The molecule has 0 bridgehead atoms. The predicted octanol–water partition coefficient (Wildman–Crippen LogP) is 9.15. The van der Waals surface area contributed by atoms with Crippen LogP contribution in [-0.4, -0.2) is 45.5 Å². The summed E-state index contributed by atoms with van der Waals surface area (Å²) < 4.78 is 24.9. The summed E-state index contributed by atoms with van der Waals surface area (Å²) in [6.07, 6.45) is 8.17. The van der Waals surface area contributed by atoms with Crippen molar-refractivity contribution in [2.45, 2.75) is 130 Å². The maximum Gasteiger partial charge on any atom is 0.334 e. The highest BCUT2D eigenvalue weighted by atomic mass is 28.4. The maximum atomic E-state index is 14.2. The number of allylic oxidation sites excluding steroid dienone is 3. The highest BCUT2D eigenvalue weighted by Crippen LogP contribution is 2.51. The second-order valence-electron chi connectivity index (χ2n) is 16.5. The normalized spacial score (nSPS) is 23.7. The van der Waals surface area contributed by atoms with E-state index in [1.54, 1.807) is 0 Å². The fraction of sp³-hybridized carbons (Fsp3) is 0.595. The fourth-order valence-electron chi connectivity index (χ4n) is 7.69. The zero-order chi connectivity index (χ0) is 35.2.